The lowest BCUT2D eigenvalue weighted by Crippen LogP contribution is -2.06. The van der Waals surface area contributed by atoms with Gasteiger partial charge in [-0.05, 0) is 19.1 Å². The molecule has 3 nitrogen and oxygen atoms in total. The van der Waals surface area contributed by atoms with Crippen LogP contribution in [0.1, 0.15) is 6.92 Å². The van der Waals surface area contributed by atoms with Crippen LogP contribution in [0.4, 0.5) is 5.69 Å². The predicted octanol–water partition coefficient (Wildman–Crippen LogP) is 1.66. The van der Waals surface area contributed by atoms with Gasteiger partial charge in [-0.15, -0.1) is 12.6 Å². The lowest BCUT2D eigenvalue weighted by atomic mass is 10.3. The van der Waals surface area contributed by atoms with Gasteiger partial charge in [0.25, 0.3) is 0 Å². The number of nitrogens with one attached hydrogen (secondary N) is 1. The van der Waals surface area contributed by atoms with Crippen molar-refractivity contribution >= 4 is 18.3 Å². The smallest absolute Gasteiger partial charge is 0.122 e. The molecule has 0 saturated carbocycles. The van der Waals surface area contributed by atoms with E-state index in [2.05, 4.69) is 18.1 Å². The quantitative estimate of drug-likeness (QED) is 0.380. The molecule has 0 amide bonds. The van der Waals surface area contributed by atoms with Crippen molar-refractivity contribution in [3.05, 3.63) is 18.2 Å². The summed E-state index contributed by atoms with van der Waals surface area (Å²) in [5.41, 5.74) is 3.33. The molecule has 1 aromatic rings. The van der Waals surface area contributed by atoms with E-state index < -0.39 is 0 Å². The third kappa shape index (κ3) is 2.32. The average Bonchev–Trinajstić information content (AvgIpc) is 2.04. The predicted molar refractivity (Wildman–Crippen MR) is 52.7 cm³/mol. The summed E-state index contributed by atoms with van der Waals surface area (Å²) in [6, 6.07) is 5.49. The molecular weight excluding hydrogens is 172 g/mol. The Labute approximate surface area is 77.3 Å². The second-order valence-electron chi connectivity index (χ2n) is 2.29. The number of nitrogen functional groups attached to an aromatic ring is 1. The van der Waals surface area contributed by atoms with Crippen LogP contribution in [-0.2, 0) is 0 Å². The molecule has 0 atom stereocenters. The number of rotatable bonds is 3. The van der Waals surface area contributed by atoms with Crippen LogP contribution in [0.3, 0.4) is 0 Å². The Bertz CT molecular complexity index is 265. The van der Waals surface area contributed by atoms with Crippen LogP contribution in [-0.4, -0.2) is 6.61 Å². The van der Waals surface area contributed by atoms with Crippen molar-refractivity contribution < 1.29 is 4.74 Å². The lowest BCUT2D eigenvalue weighted by Gasteiger charge is -2.06. The minimum absolute atomic E-state index is 0.640. The molecule has 0 aromatic heterocycles. The van der Waals surface area contributed by atoms with Gasteiger partial charge in [-0.1, -0.05) is 0 Å². The van der Waals surface area contributed by atoms with Crippen molar-refractivity contribution in [2.45, 2.75) is 11.8 Å². The van der Waals surface area contributed by atoms with Crippen molar-refractivity contribution in [2.75, 3.05) is 12.0 Å². The van der Waals surface area contributed by atoms with E-state index in [1.54, 1.807) is 0 Å². The average molecular weight is 184 g/mol. The van der Waals surface area contributed by atoms with Gasteiger partial charge in [0.1, 0.15) is 5.75 Å². The first kappa shape index (κ1) is 9.22. The molecule has 66 valence electrons. The maximum Gasteiger partial charge on any atom is 0.122 e. The van der Waals surface area contributed by atoms with Crippen molar-refractivity contribution in [1.82, 2.24) is 0 Å². The highest BCUT2D eigenvalue weighted by Gasteiger charge is 1.97. The molecule has 0 aliphatic heterocycles. The number of hydrogen-bond donors (Lipinski definition) is 3. The second kappa shape index (κ2) is 4.23. The first-order chi connectivity index (χ1) is 5.76. The molecule has 1 rings (SSSR count). The zero-order valence-electron chi connectivity index (χ0n) is 6.87. The molecule has 0 heterocycles. The van der Waals surface area contributed by atoms with E-state index in [1.807, 2.05) is 25.1 Å². The first-order valence-corrected chi connectivity index (χ1v) is 4.14. The summed E-state index contributed by atoms with van der Waals surface area (Å²) in [5.74, 6) is 6.02. The fourth-order valence-electron chi connectivity index (χ4n) is 0.917. The van der Waals surface area contributed by atoms with Gasteiger partial charge in [0.05, 0.1) is 12.3 Å². The largest absolute Gasteiger partial charge is 0.494 e. The Balaban J connectivity index is 2.90. The molecule has 0 aliphatic carbocycles. The molecule has 0 fully saturated rings. The van der Waals surface area contributed by atoms with Crippen molar-refractivity contribution in [2.24, 2.45) is 5.84 Å². The SMILES string of the molecule is CCOc1cc(S)cc(NN)c1. The lowest BCUT2D eigenvalue weighted by molar-refractivity contribution is 0.339. The summed E-state index contributed by atoms with van der Waals surface area (Å²) in [6.07, 6.45) is 0. The van der Waals surface area contributed by atoms with Crippen LogP contribution in [0.5, 0.6) is 5.75 Å². The normalized spacial score (nSPS) is 9.58. The second-order valence-corrected chi connectivity index (χ2v) is 2.81. The van der Waals surface area contributed by atoms with E-state index >= 15 is 0 Å². The standard InChI is InChI=1S/C8H12N2OS/c1-2-11-7-3-6(10-9)4-8(12)5-7/h3-5,10,12H,2,9H2,1H3. The Morgan fingerprint density at radius 3 is 2.83 bits per heavy atom. The van der Waals surface area contributed by atoms with Crippen molar-refractivity contribution in [3.8, 4) is 5.75 Å². The Hall–Kier alpha value is -0.870. The van der Waals surface area contributed by atoms with Gasteiger partial charge in [-0.25, -0.2) is 0 Å². The summed E-state index contributed by atoms with van der Waals surface area (Å²) in [7, 11) is 0. The van der Waals surface area contributed by atoms with Gasteiger partial charge in [-0.2, -0.15) is 0 Å². The molecule has 0 spiro atoms. The van der Waals surface area contributed by atoms with Crippen LogP contribution >= 0.6 is 12.6 Å². The highest BCUT2D eigenvalue weighted by Crippen LogP contribution is 2.22. The Morgan fingerprint density at radius 1 is 1.50 bits per heavy atom. The summed E-state index contributed by atoms with van der Waals surface area (Å²) >= 11 is 4.20. The number of hydrogen-bond acceptors (Lipinski definition) is 4. The minimum Gasteiger partial charge on any atom is -0.494 e. The van der Waals surface area contributed by atoms with E-state index in [4.69, 9.17) is 10.6 Å². The summed E-state index contributed by atoms with van der Waals surface area (Å²) in [6.45, 7) is 2.57. The third-order valence-corrected chi connectivity index (χ3v) is 1.63. The number of nitrogens with two attached hydrogens (primary N) is 1. The maximum atomic E-state index is 5.28. The molecule has 1 aromatic carbocycles. The van der Waals surface area contributed by atoms with Crippen molar-refractivity contribution in [3.63, 3.8) is 0 Å². The molecule has 4 heteroatoms. The van der Waals surface area contributed by atoms with Crippen LogP contribution in [0, 0.1) is 0 Å². The van der Waals surface area contributed by atoms with E-state index in [9.17, 15) is 0 Å². The van der Waals surface area contributed by atoms with Crippen LogP contribution in [0.2, 0.25) is 0 Å². The summed E-state index contributed by atoms with van der Waals surface area (Å²) in [4.78, 5) is 0.828. The third-order valence-electron chi connectivity index (χ3n) is 1.37. The van der Waals surface area contributed by atoms with E-state index in [0.29, 0.717) is 6.61 Å². The van der Waals surface area contributed by atoms with Crippen LogP contribution < -0.4 is 16.0 Å². The molecular formula is C8H12N2OS. The minimum atomic E-state index is 0.640. The molecule has 0 unspecified atom stereocenters. The molecule has 0 saturated heterocycles. The molecule has 3 N–H and O–H groups in total. The summed E-state index contributed by atoms with van der Waals surface area (Å²) < 4.78 is 5.28. The highest BCUT2D eigenvalue weighted by atomic mass is 32.1. The number of hydrazine groups is 1. The monoisotopic (exact) mass is 184 g/mol. The topological polar surface area (TPSA) is 47.3 Å². The van der Waals surface area contributed by atoms with Gasteiger partial charge in [0.15, 0.2) is 0 Å². The number of ether oxygens (including phenoxy) is 1. The molecule has 0 aliphatic rings. The van der Waals surface area contributed by atoms with Gasteiger partial charge < -0.3 is 10.2 Å². The van der Waals surface area contributed by atoms with Gasteiger partial charge >= 0.3 is 0 Å². The molecule has 0 bridgehead atoms. The van der Waals surface area contributed by atoms with Crippen LogP contribution in [0.25, 0.3) is 0 Å². The number of anilines is 1. The fraction of sp³-hybridized carbons (Fsp3) is 0.250. The fourth-order valence-corrected chi connectivity index (χ4v) is 1.18. The zero-order chi connectivity index (χ0) is 8.97. The maximum absolute atomic E-state index is 5.28. The first-order valence-electron chi connectivity index (χ1n) is 3.69. The van der Waals surface area contributed by atoms with E-state index in [-0.39, 0.29) is 0 Å². The van der Waals surface area contributed by atoms with Gasteiger partial charge in [0, 0.05) is 11.0 Å². The van der Waals surface area contributed by atoms with E-state index in [1.165, 1.54) is 0 Å². The van der Waals surface area contributed by atoms with Gasteiger partial charge in [0.2, 0.25) is 0 Å². The number of benzene rings is 1. The highest BCUT2D eigenvalue weighted by molar-refractivity contribution is 7.80. The van der Waals surface area contributed by atoms with Crippen LogP contribution in [0.15, 0.2) is 23.1 Å². The Kier molecular flexibility index (Phi) is 3.25. The van der Waals surface area contributed by atoms with Crippen molar-refractivity contribution in [1.29, 1.82) is 0 Å². The number of thiol groups is 1. The zero-order valence-corrected chi connectivity index (χ0v) is 7.77. The van der Waals surface area contributed by atoms with Gasteiger partial charge in [-0.3, -0.25) is 5.84 Å². The summed E-state index contributed by atoms with van der Waals surface area (Å²) in [5, 5.41) is 0. The molecule has 0 radical (unpaired) electrons. The Morgan fingerprint density at radius 2 is 2.25 bits per heavy atom. The van der Waals surface area contributed by atoms with E-state index in [0.717, 1.165) is 16.3 Å². The molecule has 12 heavy (non-hydrogen) atoms.